The third kappa shape index (κ3) is 3.46. The van der Waals surface area contributed by atoms with Crippen LogP contribution in [0.2, 0.25) is 0 Å². The van der Waals surface area contributed by atoms with Gasteiger partial charge in [-0.1, -0.05) is 68.4 Å². The van der Waals surface area contributed by atoms with Gasteiger partial charge in [0.1, 0.15) is 4.75 Å². The van der Waals surface area contributed by atoms with Gasteiger partial charge in [-0.25, -0.2) is 25.3 Å². The molecule has 0 saturated heterocycles. The van der Waals surface area contributed by atoms with E-state index in [-0.39, 0.29) is 0 Å². The third-order valence-electron chi connectivity index (χ3n) is 9.18. The van der Waals surface area contributed by atoms with Crippen LogP contribution in [0.1, 0.15) is 26.7 Å². The lowest BCUT2D eigenvalue weighted by Crippen LogP contribution is -2.70. The van der Waals surface area contributed by atoms with Gasteiger partial charge in [-0.05, 0) is 49.2 Å². The highest BCUT2D eigenvalue weighted by Crippen LogP contribution is 2.77. The van der Waals surface area contributed by atoms with Crippen molar-refractivity contribution in [2.24, 2.45) is 10.8 Å². The van der Waals surface area contributed by atoms with Crippen LogP contribution in [0.4, 0.5) is 0 Å². The monoisotopic (exact) mass is 652 g/mol. The van der Waals surface area contributed by atoms with Crippen LogP contribution in [0, 0.1) is 10.8 Å². The summed E-state index contributed by atoms with van der Waals surface area (Å²) in [6, 6.07) is 18.9. The summed E-state index contributed by atoms with van der Waals surface area (Å²) in [6.45, 7) is 2.40. The minimum Gasteiger partial charge on any atom is -0.296 e. The molecular weight excluding hydrogens is 625 g/mol. The largest absolute Gasteiger partial charge is 0.296 e. The summed E-state index contributed by atoms with van der Waals surface area (Å²) in [7, 11) is -21.1. The lowest BCUT2D eigenvalue weighted by Gasteiger charge is -2.46. The summed E-state index contributed by atoms with van der Waals surface area (Å²) in [6.07, 6.45) is -1.20. The van der Waals surface area contributed by atoms with Crippen LogP contribution in [0.25, 0.3) is 0 Å². The number of carbonyl (C=O) groups is 1. The van der Waals surface area contributed by atoms with Gasteiger partial charge in [-0.15, -0.1) is 0 Å². The zero-order valence-corrected chi connectivity index (χ0v) is 25.8. The molecule has 10 nitrogen and oxygen atoms in total. The summed E-state index contributed by atoms with van der Waals surface area (Å²) < 4.78 is 118. The van der Waals surface area contributed by atoms with E-state index in [9.17, 15) is 38.2 Å². The molecule has 0 radical (unpaired) electrons. The van der Waals surface area contributed by atoms with Crippen molar-refractivity contribution < 1.29 is 43.0 Å². The Morgan fingerprint density at radius 3 is 1.31 bits per heavy atom. The normalized spacial score (nSPS) is 25.4. The topological polar surface area (TPSA) is 174 Å². The highest BCUT2D eigenvalue weighted by atomic mass is 32.3. The Morgan fingerprint density at radius 1 is 0.595 bits per heavy atom. The molecule has 2 aliphatic rings. The van der Waals surface area contributed by atoms with Crippen LogP contribution in [0.5, 0.6) is 0 Å². The lowest BCUT2D eigenvalue weighted by atomic mass is 9.70. The third-order valence-corrected chi connectivity index (χ3v) is 18.8. The average molecular weight is 653 g/mol. The smallest absolute Gasteiger partial charge is 0.265 e. The van der Waals surface area contributed by atoms with Gasteiger partial charge in [-0.3, -0.25) is 9.35 Å². The van der Waals surface area contributed by atoms with Crippen molar-refractivity contribution in [3.8, 4) is 0 Å². The second-order valence-corrected chi connectivity index (χ2v) is 19.2. The van der Waals surface area contributed by atoms with Crippen molar-refractivity contribution in [1.29, 1.82) is 0 Å². The number of fused-ring (bicyclic) bond motifs is 2. The Labute approximate surface area is 245 Å². The van der Waals surface area contributed by atoms with E-state index < -0.39 is 98.4 Å². The molecule has 0 amide bonds. The molecule has 0 aromatic heterocycles. The van der Waals surface area contributed by atoms with Crippen LogP contribution in [-0.4, -0.2) is 58.6 Å². The van der Waals surface area contributed by atoms with E-state index in [1.807, 2.05) is 0 Å². The maximum Gasteiger partial charge on any atom is 0.265 e. The van der Waals surface area contributed by atoms with Crippen molar-refractivity contribution >= 4 is 45.4 Å². The Kier molecular flexibility index (Phi) is 6.76. The van der Waals surface area contributed by atoms with Crippen LogP contribution >= 0.6 is 0 Å². The van der Waals surface area contributed by atoms with Gasteiger partial charge in [0.05, 0.1) is 25.9 Å². The van der Waals surface area contributed by atoms with E-state index in [1.165, 1.54) is 80.6 Å². The van der Waals surface area contributed by atoms with Crippen LogP contribution in [0.15, 0.2) is 106 Å². The SMILES string of the molecule is CC1(C)C2(CS(=O)(=O)O)CCC1(S(=O)(=O)c1ccccc1)C(S(=O)(=O)c1ccccc1)(S(=O)(=O)c1ccccc1)C2=O. The predicted molar refractivity (Wildman–Crippen MR) is 153 cm³/mol. The number of benzene rings is 3. The molecule has 3 aromatic rings. The Hall–Kier alpha value is -2.91. The maximum absolute atomic E-state index is 15.0. The Bertz CT molecular complexity index is 1940. The van der Waals surface area contributed by atoms with E-state index in [4.69, 9.17) is 0 Å². The molecule has 2 aliphatic carbocycles. The van der Waals surface area contributed by atoms with Crippen molar-refractivity contribution in [3.63, 3.8) is 0 Å². The molecule has 2 atom stereocenters. The first-order valence-corrected chi connectivity index (χ1v) is 18.8. The van der Waals surface area contributed by atoms with Gasteiger partial charge >= 0.3 is 0 Å². The zero-order valence-electron chi connectivity index (χ0n) is 22.5. The van der Waals surface area contributed by atoms with Crippen LogP contribution in [-0.2, 0) is 44.4 Å². The molecule has 0 aliphatic heterocycles. The fraction of sp³-hybridized carbons (Fsp3) is 0.321. The maximum atomic E-state index is 15.0. The number of hydrogen-bond acceptors (Lipinski definition) is 9. The number of Topliss-reactive ketones (excluding diaryl/α,β-unsaturated/α-hetero) is 1. The molecule has 1 N–H and O–H groups in total. The fourth-order valence-corrected chi connectivity index (χ4v) is 18.4. The molecular formula is C28H28O10S4. The summed E-state index contributed by atoms with van der Waals surface area (Å²) in [5, 5.41) is 0. The molecule has 0 heterocycles. The van der Waals surface area contributed by atoms with Crippen LogP contribution in [0.3, 0.4) is 0 Å². The van der Waals surface area contributed by atoms with Gasteiger partial charge in [-0.2, -0.15) is 8.42 Å². The Morgan fingerprint density at radius 2 is 0.952 bits per heavy atom. The molecule has 0 spiro atoms. The number of carbonyl (C=O) groups excluding carboxylic acids is 1. The van der Waals surface area contributed by atoms with Gasteiger partial charge in [0.25, 0.3) is 14.2 Å². The second kappa shape index (κ2) is 9.29. The van der Waals surface area contributed by atoms with E-state index in [2.05, 4.69) is 0 Å². The average Bonchev–Trinajstić information content (AvgIpc) is 3.24. The molecule has 42 heavy (non-hydrogen) atoms. The summed E-state index contributed by atoms with van der Waals surface area (Å²) in [4.78, 5) is 13.3. The first kappa shape index (κ1) is 30.5. The summed E-state index contributed by atoms with van der Waals surface area (Å²) in [5.41, 5.74) is -4.56. The van der Waals surface area contributed by atoms with Gasteiger partial charge in [0.15, 0.2) is 15.6 Å². The predicted octanol–water partition coefficient (Wildman–Crippen LogP) is 3.12. The molecule has 14 heteroatoms. The van der Waals surface area contributed by atoms with Crippen molar-refractivity contribution in [2.75, 3.05) is 5.75 Å². The molecule has 2 saturated carbocycles. The zero-order chi connectivity index (χ0) is 31.0. The van der Waals surface area contributed by atoms with Gasteiger partial charge in [0.2, 0.25) is 19.7 Å². The molecule has 2 unspecified atom stereocenters. The number of sulfone groups is 3. The van der Waals surface area contributed by atoms with E-state index in [0.717, 1.165) is 24.3 Å². The summed E-state index contributed by atoms with van der Waals surface area (Å²) >= 11 is 0. The van der Waals surface area contributed by atoms with Gasteiger partial charge < -0.3 is 0 Å². The molecule has 2 fully saturated rings. The van der Waals surface area contributed by atoms with Crippen LogP contribution < -0.4 is 0 Å². The number of hydrogen-bond donors (Lipinski definition) is 1. The first-order chi connectivity index (χ1) is 19.4. The standard InChI is InChI=1S/C28H28O10S4/c1-25(2)26(20-39(30,31)32)18-19-27(25,40(33,34)21-12-6-3-7-13-21)28(24(26)29,41(35,36)22-14-8-4-9-15-22)42(37,38)23-16-10-5-11-17-23/h3-17H,18-20H2,1-2H3,(H,30,31,32). The molecule has 224 valence electrons. The van der Waals surface area contributed by atoms with E-state index >= 15 is 4.79 Å². The fourth-order valence-electron chi connectivity index (χ4n) is 7.30. The lowest BCUT2D eigenvalue weighted by molar-refractivity contribution is -0.128. The molecule has 3 aromatic carbocycles. The minimum atomic E-state index is -5.49. The molecule has 5 rings (SSSR count). The quantitative estimate of drug-likeness (QED) is 0.356. The van der Waals surface area contributed by atoms with Crippen molar-refractivity contribution in [3.05, 3.63) is 91.0 Å². The van der Waals surface area contributed by atoms with E-state index in [1.54, 1.807) is 0 Å². The van der Waals surface area contributed by atoms with Crippen molar-refractivity contribution in [2.45, 2.75) is 50.2 Å². The van der Waals surface area contributed by atoms with E-state index in [0.29, 0.717) is 0 Å². The number of rotatable bonds is 8. The highest BCUT2D eigenvalue weighted by Gasteiger charge is 2.94. The molecule has 2 bridgehead atoms. The second-order valence-electron chi connectivity index (χ2n) is 11.2. The highest BCUT2D eigenvalue weighted by molar-refractivity contribution is 8.13. The first-order valence-electron chi connectivity index (χ1n) is 12.8. The Balaban J connectivity index is 2.09. The van der Waals surface area contributed by atoms with Gasteiger partial charge in [0, 0.05) is 5.41 Å². The summed E-state index contributed by atoms with van der Waals surface area (Å²) in [5.74, 6) is -2.97. The minimum absolute atomic E-state index is 0.439. The van der Waals surface area contributed by atoms with Crippen molar-refractivity contribution in [1.82, 2.24) is 0 Å². The number of ketones is 1.